The van der Waals surface area contributed by atoms with Crippen molar-refractivity contribution in [1.29, 1.82) is 0 Å². The Morgan fingerprint density at radius 2 is 2.08 bits per heavy atom. The Hall–Kier alpha value is -1.39. The molecule has 1 amide bonds. The van der Waals surface area contributed by atoms with Crippen molar-refractivity contribution in [2.45, 2.75) is 6.04 Å². The molecule has 0 aliphatic rings. The maximum Gasteiger partial charge on any atom is 0.265 e. The maximum atomic E-state index is 11.2. The summed E-state index contributed by atoms with van der Waals surface area (Å²) < 4.78 is 0. The first-order valence-electron chi connectivity index (χ1n) is 3.89. The van der Waals surface area contributed by atoms with Gasteiger partial charge in [0.05, 0.1) is 7.11 Å². The van der Waals surface area contributed by atoms with Crippen LogP contribution < -0.4 is 11.2 Å². The summed E-state index contributed by atoms with van der Waals surface area (Å²) in [5.74, 6) is -0.353. The van der Waals surface area contributed by atoms with Crippen LogP contribution in [-0.4, -0.2) is 13.0 Å². The number of amides is 1. The average Bonchev–Trinajstić information content (AvgIpc) is 2.18. The van der Waals surface area contributed by atoms with Gasteiger partial charge < -0.3 is 5.73 Å². The fourth-order valence-electron chi connectivity index (χ4n) is 0.976. The van der Waals surface area contributed by atoms with Crippen molar-refractivity contribution in [3.8, 4) is 0 Å². The third-order valence-corrected chi connectivity index (χ3v) is 1.64. The Bertz CT molecular complexity index is 274. The van der Waals surface area contributed by atoms with Gasteiger partial charge in [-0.15, -0.1) is 0 Å². The van der Waals surface area contributed by atoms with Gasteiger partial charge in [0, 0.05) is 0 Å². The number of carbonyl (C=O) groups excluding carboxylic acids is 1. The highest BCUT2D eigenvalue weighted by atomic mass is 16.6. The van der Waals surface area contributed by atoms with E-state index >= 15 is 0 Å². The van der Waals surface area contributed by atoms with Crippen LogP contribution in [0.15, 0.2) is 30.3 Å². The SMILES string of the molecule is CONC(=O)[C@H](N)c1ccccc1. The summed E-state index contributed by atoms with van der Waals surface area (Å²) in [6.07, 6.45) is 0. The molecule has 70 valence electrons. The van der Waals surface area contributed by atoms with Crippen LogP contribution >= 0.6 is 0 Å². The standard InChI is InChI=1S/C9H12N2O2/c1-13-11-9(12)8(10)7-5-3-2-4-6-7/h2-6,8H,10H2,1H3,(H,11,12)/t8-/m1/s1. The van der Waals surface area contributed by atoms with Gasteiger partial charge in [0.1, 0.15) is 6.04 Å². The average molecular weight is 180 g/mol. The van der Waals surface area contributed by atoms with Crippen molar-refractivity contribution in [1.82, 2.24) is 5.48 Å². The molecule has 4 nitrogen and oxygen atoms in total. The van der Waals surface area contributed by atoms with Crippen LogP contribution in [0.2, 0.25) is 0 Å². The summed E-state index contributed by atoms with van der Waals surface area (Å²) >= 11 is 0. The van der Waals surface area contributed by atoms with Gasteiger partial charge in [-0.25, -0.2) is 5.48 Å². The largest absolute Gasteiger partial charge is 0.316 e. The molecular formula is C9H12N2O2. The van der Waals surface area contributed by atoms with E-state index in [2.05, 4.69) is 10.3 Å². The molecule has 0 unspecified atom stereocenters. The van der Waals surface area contributed by atoms with E-state index in [-0.39, 0.29) is 5.91 Å². The van der Waals surface area contributed by atoms with Crippen molar-refractivity contribution in [3.05, 3.63) is 35.9 Å². The molecule has 0 spiro atoms. The summed E-state index contributed by atoms with van der Waals surface area (Å²) in [4.78, 5) is 15.6. The highest BCUT2D eigenvalue weighted by Crippen LogP contribution is 2.08. The number of carbonyl (C=O) groups is 1. The molecule has 0 aliphatic carbocycles. The third kappa shape index (κ3) is 2.54. The van der Waals surface area contributed by atoms with E-state index in [9.17, 15) is 4.79 Å². The molecule has 0 aromatic heterocycles. The van der Waals surface area contributed by atoms with E-state index < -0.39 is 6.04 Å². The molecule has 1 aromatic carbocycles. The van der Waals surface area contributed by atoms with Crippen LogP contribution in [0.25, 0.3) is 0 Å². The van der Waals surface area contributed by atoms with Crippen molar-refractivity contribution < 1.29 is 9.63 Å². The number of hydroxylamine groups is 1. The molecule has 0 saturated carbocycles. The molecule has 1 aromatic rings. The van der Waals surface area contributed by atoms with Crippen LogP contribution in [-0.2, 0) is 9.63 Å². The van der Waals surface area contributed by atoms with E-state index in [0.29, 0.717) is 0 Å². The zero-order valence-electron chi connectivity index (χ0n) is 7.36. The highest BCUT2D eigenvalue weighted by molar-refractivity contribution is 5.81. The Balaban J connectivity index is 2.68. The number of nitrogens with one attached hydrogen (secondary N) is 1. The summed E-state index contributed by atoms with van der Waals surface area (Å²) in [5.41, 5.74) is 8.57. The second kappa shape index (κ2) is 4.59. The van der Waals surface area contributed by atoms with Gasteiger partial charge in [0.25, 0.3) is 5.91 Å². The monoisotopic (exact) mass is 180 g/mol. The Kier molecular flexibility index (Phi) is 3.42. The van der Waals surface area contributed by atoms with Crippen molar-refractivity contribution in [2.75, 3.05) is 7.11 Å². The van der Waals surface area contributed by atoms with Gasteiger partial charge >= 0.3 is 0 Å². The molecule has 0 aliphatic heterocycles. The van der Waals surface area contributed by atoms with Crippen LogP contribution in [0.4, 0.5) is 0 Å². The minimum atomic E-state index is -0.679. The van der Waals surface area contributed by atoms with Gasteiger partial charge in [-0.3, -0.25) is 9.63 Å². The molecule has 0 radical (unpaired) electrons. The molecule has 1 rings (SSSR count). The number of hydrogen-bond donors (Lipinski definition) is 2. The second-order valence-corrected chi connectivity index (χ2v) is 2.56. The van der Waals surface area contributed by atoms with Gasteiger partial charge in [0.2, 0.25) is 0 Å². The van der Waals surface area contributed by atoms with Crippen LogP contribution in [0.5, 0.6) is 0 Å². The van der Waals surface area contributed by atoms with E-state index in [1.807, 2.05) is 18.2 Å². The number of nitrogens with two attached hydrogens (primary N) is 1. The predicted molar refractivity (Wildman–Crippen MR) is 48.5 cm³/mol. The Morgan fingerprint density at radius 3 is 2.62 bits per heavy atom. The molecule has 1 atom stereocenters. The lowest BCUT2D eigenvalue weighted by Crippen LogP contribution is -2.33. The molecule has 0 fully saturated rings. The molecule has 3 N–H and O–H groups in total. The number of hydrogen-bond acceptors (Lipinski definition) is 3. The fraction of sp³-hybridized carbons (Fsp3) is 0.222. The van der Waals surface area contributed by atoms with Crippen LogP contribution in [0, 0.1) is 0 Å². The maximum absolute atomic E-state index is 11.2. The lowest BCUT2D eigenvalue weighted by Gasteiger charge is -2.10. The minimum absolute atomic E-state index is 0.353. The molecule has 4 heteroatoms. The summed E-state index contributed by atoms with van der Waals surface area (Å²) in [6, 6.07) is 8.43. The summed E-state index contributed by atoms with van der Waals surface area (Å²) in [6.45, 7) is 0. The Labute approximate surface area is 76.6 Å². The third-order valence-electron chi connectivity index (χ3n) is 1.64. The normalized spacial score (nSPS) is 12.2. The zero-order valence-corrected chi connectivity index (χ0v) is 7.36. The number of benzene rings is 1. The summed E-state index contributed by atoms with van der Waals surface area (Å²) in [5, 5.41) is 0. The fourth-order valence-corrected chi connectivity index (χ4v) is 0.976. The van der Waals surface area contributed by atoms with Crippen molar-refractivity contribution in [2.24, 2.45) is 5.73 Å². The minimum Gasteiger partial charge on any atom is -0.316 e. The topological polar surface area (TPSA) is 64.3 Å². The zero-order chi connectivity index (χ0) is 9.68. The lowest BCUT2D eigenvalue weighted by molar-refractivity contribution is -0.132. The second-order valence-electron chi connectivity index (χ2n) is 2.56. The van der Waals surface area contributed by atoms with Crippen molar-refractivity contribution >= 4 is 5.91 Å². The molecule has 0 heterocycles. The van der Waals surface area contributed by atoms with Gasteiger partial charge in [0.15, 0.2) is 0 Å². The van der Waals surface area contributed by atoms with E-state index in [0.717, 1.165) is 5.56 Å². The predicted octanol–water partition coefficient (Wildman–Crippen LogP) is 0.364. The highest BCUT2D eigenvalue weighted by Gasteiger charge is 2.14. The summed E-state index contributed by atoms with van der Waals surface area (Å²) in [7, 11) is 1.37. The molecule has 0 bridgehead atoms. The smallest absolute Gasteiger partial charge is 0.265 e. The lowest BCUT2D eigenvalue weighted by atomic mass is 10.1. The van der Waals surface area contributed by atoms with Gasteiger partial charge in [-0.1, -0.05) is 30.3 Å². The van der Waals surface area contributed by atoms with E-state index in [4.69, 9.17) is 5.73 Å². The van der Waals surface area contributed by atoms with Crippen molar-refractivity contribution in [3.63, 3.8) is 0 Å². The first-order valence-corrected chi connectivity index (χ1v) is 3.89. The van der Waals surface area contributed by atoms with Gasteiger partial charge in [-0.2, -0.15) is 0 Å². The number of rotatable bonds is 3. The first-order chi connectivity index (χ1) is 6.25. The quantitative estimate of drug-likeness (QED) is 0.660. The first kappa shape index (κ1) is 9.70. The Morgan fingerprint density at radius 1 is 1.46 bits per heavy atom. The molecule has 0 saturated heterocycles. The van der Waals surface area contributed by atoms with E-state index in [1.54, 1.807) is 12.1 Å². The van der Waals surface area contributed by atoms with Crippen LogP contribution in [0.1, 0.15) is 11.6 Å². The van der Waals surface area contributed by atoms with Crippen LogP contribution in [0.3, 0.4) is 0 Å². The molecular weight excluding hydrogens is 168 g/mol. The van der Waals surface area contributed by atoms with E-state index in [1.165, 1.54) is 7.11 Å². The molecule has 13 heavy (non-hydrogen) atoms. The van der Waals surface area contributed by atoms with Gasteiger partial charge in [-0.05, 0) is 5.56 Å².